The first-order valence-corrected chi connectivity index (χ1v) is 4.96. The van der Waals surface area contributed by atoms with Crippen LogP contribution in [0.3, 0.4) is 0 Å². The molecule has 0 aromatic heterocycles. The fourth-order valence-electron chi connectivity index (χ4n) is 1.65. The molecular formula is C9H19N3O. The molecule has 0 spiro atoms. The molecule has 1 saturated carbocycles. The quantitative estimate of drug-likeness (QED) is 0.595. The van der Waals surface area contributed by atoms with Gasteiger partial charge >= 0.3 is 0 Å². The Kier molecular flexibility index (Phi) is 4.18. The van der Waals surface area contributed by atoms with Crippen molar-refractivity contribution in [2.75, 3.05) is 19.6 Å². The zero-order chi connectivity index (χ0) is 9.68. The monoisotopic (exact) mass is 185 g/mol. The van der Waals surface area contributed by atoms with Crippen LogP contribution < -0.4 is 11.5 Å². The molecule has 0 aromatic carbocycles. The van der Waals surface area contributed by atoms with Gasteiger partial charge in [-0.05, 0) is 12.8 Å². The highest BCUT2D eigenvalue weighted by Crippen LogP contribution is 2.24. The summed E-state index contributed by atoms with van der Waals surface area (Å²) in [6.07, 6.45) is 4.26. The normalized spacial score (nSPS) is 17.4. The van der Waals surface area contributed by atoms with Crippen LogP contribution in [0, 0.1) is 0 Å². The average Bonchev–Trinajstić information content (AvgIpc) is 1.97. The number of carbonyl (C=O) groups is 1. The molecule has 4 heteroatoms. The van der Waals surface area contributed by atoms with E-state index in [4.69, 9.17) is 11.5 Å². The predicted molar refractivity (Wildman–Crippen MR) is 52.1 cm³/mol. The number of amides is 1. The number of carbonyl (C=O) groups excluding carboxylic acids is 1. The van der Waals surface area contributed by atoms with Gasteiger partial charge in [0.15, 0.2) is 0 Å². The average molecular weight is 185 g/mol. The zero-order valence-corrected chi connectivity index (χ0v) is 8.04. The van der Waals surface area contributed by atoms with Crippen LogP contribution in [0.5, 0.6) is 0 Å². The van der Waals surface area contributed by atoms with E-state index < -0.39 is 0 Å². The van der Waals surface area contributed by atoms with Crippen LogP contribution in [-0.4, -0.2) is 36.5 Å². The molecule has 0 aromatic rings. The molecule has 76 valence electrons. The van der Waals surface area contributed by atoms with E-state index >= 15 is 0 Å². The van der Waals surface area contributed by atoms with E-state index in [2.05, 4.69) is 4.90 Å². The Morgan fingerprint density at radius 1 is 1.38 bits per heavy atom. The molecular weight excluding hydrogens is 166 g/mol. The second-order valence-corrected chi connectivity index (χ2v) is 3.63. The van der Waals surface area contributed by atoms with Crippen LogP contribution in [0.25, 0.3) is 0 Å². The van der Waals surface area contributed by atoms with Gasteiger partial charge in [-0.1, -0.05) is 6.42 Å². The Morgan fingerprint density at radius 2 is 2.08 bits per heavy atom. The lowest BCUT2D eigenvalue weighted by Crippen LogP contribution is -2.44. The summed E-state index contributed by atoms with van der Waals surface area (Å²) in [4.78, 5) is 12.9. The summed E-state index contributed by atoms with van der Waals surface area (Å²) >= 11 is 0. The lowest BCUT2D eigenvalue weighted by molar-refractivity contribution is -0.118. The van der Waals surface area contributed by atoms with Gasteiger partial charge in [-0.3, -0.25) is 9.69 Å². The summed E-state index contributed by atoms with van der Waals surface area (Å²) in [5.74, 6) is -0.221. The molecule has 1 amide bonds. The lowest BCUT2D eigenvalue weighted by Gasteiger charge is -2.37. The van der Waals surface area contributed by atoms with E-state index in [1.54, 1.807) is 0 Å². The third-order valence-electron chi connectivity index (χ3n) is 2.65. The van der Waals surface area contributed by atoms with Crippen molar-refractivity contribution >= 4 is 5.91 Å². The molecule has 0 saturated heterocycles. The number of nitrogens with two attached hydrogens (primary N) is 2. The molecule has 13 heavy (non-hydrogen) atoms. The Bertz CT molecular complexity index is 168. The molecule has 0 heterocycles. The van der Waals surface area contributed by atoms with E-state index in [1.165, 1.54) is 19.3 Å². The Hall–Kier alpha value is -0.610. The van der Waals surface area contributed by atoms with Crippen molar-refractivity contribution in [1.82, 2.24) is 4.90 Å². The van der Waals surface area contributed by atoms with Gasteiger partial charge in [0.1, 0.15) is 0 Å². The minimum Gasteiger partial charge on any atom is -0.370 e. The summed E-state index contributed by atoms with van der Waals surface area (Å²) in [7, 11) is 0. The smallest absolute Gasteiger partial charge is 0.218 e. The van der Waals surface area contributed by atoms with Crippen molar-refractivity contribution in [2.24, 2.45) is 11.5 Å². The van der Waals surface area contributed by atoms with E-state index in [-0.39, 0.29) is 5.91 Å². The first-order chi connectivity index (χ1) is 6.24. The number of rotatable bonds is 6. The van der Waals surface area contributed by atoms with E-state index in [0.717, 1.165) is 13.1 Å². The van der Waals surface area contributed by atoms with E-state index in [1.807, 2.05) is 0 Å². The van der Waals surface area contributed by atoms with Gasteiger partial charge < -0.3 is 11.5 Å². The van der Waals surface area contributed by atoms with Crippen molar-refractivity contribution in [3.05, 3.63) is 0 Å². The van der Waals surface area contributed by atoms with E-state index in [9.17, 15) is 4.79 Å². The van der Waals surface area contributed by atoms with Crippen LogP contribution in [0.4, 0.5) is 0 Å². The predicted octanol–water partition coefficient (Wildman–Crippen LogP) is -0.325. The largest absolute Gasteiger partial charge is 0.370 e. The molecule has 0 radical (unpaired) electrons. The Balaban J connectivity index is 2.24. The minimum absolute atomic E-state index is 0.221. The summed E-state index contributed by atoms with van der Waals surface area (Å²) < 4.78 is 0. The van der Waals surface area contributed by atoms with Gasteiger partial charge in [0.25, 0.3) is 0 Å². The van der Waals surface area contributed by atoms with Crippen molar-refractivity contribution in [1.29, 1.82) is 0 Å². The number of hydrogen-bond donors (Lipinski definition) is 2. The highest BCUT2D eigenvalue weighted by atomic mass is 16.1. The highest BCUT2D eigenvalue weighted by Gasteiger charge is 2.23. The minimum atomic E-state index is -0.221. The summed E-state index contributed by atoms with van der Waals surface area (Å²) in [6.45, 7) is 2.32. The van der Waals surface area contributed by atoms with Crippen LogP contribution in [0.2, 0.25) is 0 Å². The van der Waals surface area contributed by atoms with Crippen molar-refractivity contribution in [3.63, 3.8) is 0 Å². The second-order valence-electron chi connectivity index (χ2n) is 3.63. The maximum absolute atomic E-state index is 10.6. The standard InChI is InChI=1S/C9H19N3O/c10-5-7-12(6-4-9(11)13)8-2-1-3-8/h8H,1-7,10H2,(H2,11,13). The molecule has 1 fully saturated rings. The molecule has 0 atom stereocenters. The molecule has 0 unspecified atom stereocenters. The van der Waals surface area contributed by atoms with Crippen molar-refractivity contribution in [2.45, 2.75) is 31.7 Å². The molecule has 4 N–H and O–H groups in total. The third-order valence-corrected chi connectivity index (χ3v) is 2.65. The molecule has 1 aliphatic rings. The molecule has 0 bridgehead atoms. The fourth-order valence-corrected chi connectivity index (χ4v) is 1.65. The first-order valence-electron chi connectivity index (χ1n) is 4.96. The fraction of sp³-hybridized carbons (Fsp3) is 0.889. The Labute approximate surface area is 79.3 Å². The molecule has 4 nitrogen and oxygen atoms in total. The highest BCUT2D eigenvalue weighted by molar-refractivity contribution is 5.73. The van der Waals surface area contributed by atoms with Gasteiger partial charge in [0.2, 0.25) is 5.91 Å². The van der Waals surface area contributed by atoms with Gasteiger partial charge in [-0.25, -0.2) is 0 Å². The van der Waals surface area contributed by atoms with Crippen LogP contribution >= 0.6 is 0 Å². The third kappa shape index (κ3) is 3.32. The number of primary amides is 1. The lowest BCUT2D eigenvalue weighted by atomic mass is 9.91. The first kappa shape index (κ1) is 10.5. The van der Waals surface area contributed by atoms with Gasteiger partial charge in [0, 0.05) is 32.1 Å². The number of hydrogen-bond acceptors (Lipinski definition) is 3. The van der Waals surface area contributed by atoms with Crippen molar-refractivity contribution < 1.29 is 4.79 Å². The van der Waals surface area contributed by atoms with Gasteiger partial charge in [0.05, 0.1) is 0 Å². The summed E-state index contributed by atoms with van der Waals surface area (Å²) in [5.41, 5.74) is 10.6. The van der Waals surface area contributed by atoms with Crippen molar-refractivity contribution in [3.8, 4) is 0 Å². The maximum atomic E-state index is 10.6. The van der Waals surface area contributed by atoms with Crippen LogP contribution in [0.15, 0.2) is 0 Å². The number of nitrogens with zero attached hydrogens (tertiary/aromatic N) is 1. The molecule has 1 rings (SSSR count). The summed E-state index contributed by atoms with van der Waals surface area (Å²) in [6, 6.07) is 0.655. The van der Waals surface area contributed by atoms with E-state index in [0.29, 0.717) is 19.0 Å². The van der Waals surface area contributed by atoms with Crippen LogP contribution in [-0.2, 0) is 4.79 Å². The SMILES string of the molecule is NCCN(CCC(N)=O)C1CCC1. The topological polar surface area (TPSA) is 72.3 Å². The molecule has 0 aliphatic heterocycles. The van der Waals surface area contributed by atoms with Gasteiger partial charge in [-0.15, -0.1) is 0 Å². The zero-order valence-electron chi connectivity index (χ0n) is 8.04. The van der Waals surface area contributed by atoms with Crippen LogP contribution in [0.1, 0.15) is 25.7 Å². The van der Waals surface area contributed by atoms with Gasteiger partial charge in [-0.2, -0.15) is 0 Å². The summed E-state index contributed by atoms with van der Waals surface area (Å²) in [5, 5.41) is 0. The Morgan fingerprint density at radius 3 is 2.46 bits per heavy atom. The maximum Gasteiger partial charge on any atom is 0.218 e. The second kappa shape index (κ2) is 5.19. The molecule has 1 aliphatic carbocycles.